The van der Waals surface area contributed by atoms with Gasteiger partial charge in [-0.2, -0.15) is 0 Å². The van der Waals surface area contributed by atoms with E-state index in [4.69, 9.17) is 14.5 Å². The molecule has 7 heteroatoms. The third-order valence-corrected chi connectivity index (χ3v) is 6.68. The zero-order valence-electron chi connectivity index (χ0n) is 14.9. The van der Waals surface area contributed by atoms with Crippen molar-refractivity contribution in [3.05, 3.63) is 44.8 Å². The summed E-state index contributed by atoms with van der Waals surface area (Å²) in [7, 11) is 0. The van der Waals surface area contributed by atoms with Gasteiger partial charge in [-0.15, -0.1) is 23.1 Å². The van der Waals surface area contributed by atoms with Crippen molar-refractivity contribution in [3.63, 3.8) is 0 Å². The number of thiophene rings is 1. The van der Waals surface area contributed by atoms with Crippen LogP contribution in [-0.2, 0) is 0 Å². The van der Waals surface area contributed by atoms with Gasteiger partial charge in [0.05, 0.1) is 23.8 Å². The molecule has 4 rings (SSSR count). The zero-order chi connectivity index (χ0) is 18.3. The molecule has 1 aliphatic heterocycles. The Morgan fingerprint density at radius 1 is 1.23 bits per heavy atom. The number of ether oxygens (including phenoxy) is 2. The largest absolute Gasteiger partial charge is 0.490 e. The average molecular weight is 389 g/mol. The van der Waals surface area contributed by atoms with Crippen LogP contribution in [0, 0.1) is 13.8 Å². The molecule has 0 radical (unpaired) electrons. The third-order valence-electron chi connectivity index (χ3n) is 4.47. The van der Waals surface area contributed by atoms with E-state index in [-0.39, 0.29) is 10.8 Å². The quantitative estimate of drug-likeness (QED) is 0.664. The highest BCUT2D eigenvalue weighted by Crippen LogP contribution is 2.39. The van der Waals surface area contributed by atoms with E-state index in [0.29, 0.717) is 24.4 Å². The van der Waals surface area contributed by atoms with E-state index in [1.165, 1.54) is 0 Å². The molecule has 1 atom stereocenters. The fourth-order valence-electron chi connectivity index (χ4n) is 2.94. The van der Waals surface area contributed by atoms with Crippen LogP contribution in [0.4, 0.5) is 0 Å². The Hall–Kier alpha value is -1.99. The lowest BCUT2D eigenvalue weighted by Crippen LogP contribution is -2.12. The summed E-state index contributed by atoms with van der Waals surface area (Å²) in [6.07, 6.45) is 0.887. The van der Waals surface area contributed by atoms with Crippen LogP contribution in [0.1, 0.15) is 34.9 Å². The standard InChI is InChI=1S/C19H20N2O3S2/c1-10-11(2)26-19-16(10)18(22)20-17(21-19)12(3)25-13-5-6-14-15(9-13)24-8-4-7-23-14/h5-6,9,12H,4,7-8H2,1-3H3,(H,20,21,22)/t12-/m0/s1. The first kappa shape index (κ1) is 17.4. The Morgan fingerprint density at radius 2 is 2.00 bits per heavy atom. The van der Waals surface area contributed by atoms with Gasteiger partial charge >= 0.3 is 0 Å². The van der Waals surface area contributed by atoms with Crippen molar-refractivity contribution in [1.29, 1.82) is 0 Å². The van der Waals surface area contributed by atoms with Crippen LogP contribution < -0.4 is 15.0 Å². The summed E-state index contributed by atoms with van der Waals surface area (Å²) < 4.78 is 11.4. The summed E-state index contributed by atoms with van der Waals surface area (Å²) in [5.41, 5.74) is 0.964. The van der Waals surface area contributed by atoms with Gasteiger partial charge in [-0.1, -0.05) is 0 Å². The molecule has 0 amide bonds. The van der Waals surface area contributed by atoms with Crippen LogP contribution in [-0.4, -0.2) is 23.2 Å². The molecular weight excluding hydrogens is 368 g/mol. The van der Waals surface area contributed by atoms with E-state index in [9.17, 15) is 4.79 Å². The Labute approximate surface area is 159 Å². The second-order valence-corrected chi connectivity index (χ2v) is 8.95. The fourth-order valence-corrected chi connectivity index (χ4v) is 4.93. The number of hydrogen-bond acceptors (Lipinski definition) is 6. The van der Waals surface area contributed by atoms with Crippen LogP contribution in [0.2, 0.25) is 0 Å². The first-order chi connectivity index (χ1) is 12.5. The normalized spacial score (nSPS) is 15.0. The molecule has 0 saturated heterocycles. The van der Waals surface area contributed by atoms with Gasteiger partial charge in [-0.3, -0.25) is 4.79 Å². The molecule has 3 heterocycles. The predicted molar refractivity (Wildman–Crippen MR) is 106 cm³/mol. The summed E-state index contributed by atoms with van der Waals surface area (Å²) in [6.45, 7) is 7.39. The number of hydrogen-bond donors (Lipinski definition) is 1. The number of thioether (sulfide) groups is 1. The number of rotatable bonds is 3. The zero-order valence-corrected chi connectivity index (χ0v) is 16.6. The number of aromatic amines is 1. The molecule has 0 spiro atoms. The van der Waals surface area contributed by atoms with E-state index in [0.717, 1.165) is 38.1 Å². The fraction of sp³-hybridized carbons (Fsp3) is 0.368. The summed E-state index contributed by atoms with van der Waals surface area (Å²) in [5, 5.41) is 0.726. The molecule has 5 nitrogen and oxygen atoms in total. The van der Waals surface area contributed by atoms with Gasteiger partial charge in [0.25, 0.3) is 5.56 Å². The van der Waals surface area contributed by atoms with Crippen molar-refractivity contribution >= 4 is 33.3 Å². The highest BCUT2D eigenvalue weighted by molar-refractivity contribution is 7.99. The second-order valence-electron chi connectivity index (χ2n) is 6.33. The van der Waals surface area contributed by atoms with Gasteiger partial charge in [-0.25, -0.2) is 4.98 Å². The summed E-state index contributed by atoms with van der Waals surface area (Å²) in [5.74, 6) is 2.26. The molecule has 0 fully saturated rings. The Kier molecular flexibility index (Phi) is 4.67. The Morgan fingerprint density at radius 3 is 2.81 bits per heavy atom. The Bertz CT molecular complexity index is 1030. The molecule has 26 heavy (non-hydrogen) atoms. The Balaban J connectivity index is 1.62. The molecule has 1 N–H and O–H groups in total. The maximum absolute atomic E-state index is 12.5. The van der Waals surface area contributed by atoms with Gasteiger partial charge in [0.1, 0.15) is 10.7 Å². The SMILES string of the molecule is Cc1sc2nc([C@H](C)Sc3ccc4c(c3)OCCCO4)[nH]c(=O)c2c1C. The minimum Gasteiger partial charge on any atom is -0.490 e. The van der Waals surface area contributed by atoms with Crippen LogP contribution in [0.15, 0.2) is 27.9 Å². The molecule has 0 bridgehead atoms. The lowest BCUT2D eigenvalue weighted by molar-refractivity contribution is 0.297. The molecule has 3 aromatic rings. The maximum atomic E-state index is 12.5. The van der Waals surface area contributed by atoms with E-state index < -0.39 is 0 Å². The van der Waals surface area contributed by atoms with E-state index >= 15 is 0 Å². The van der Waals surface area contributed by atoms with Crippen molar-refractivity contribution < 1.29 is 9.47 Å². The molecule has 0 aliphatic carbocycles. The summed E-state index contributed by atoms with van der Waals surface area (Å²) >= 11 is 3.22. The van der Waals surface area contributed by atoms with Crippen LogP contribution >= 0.6 is 23.1 Å². The molecule has 1 aromatic carbocycles. The predicted octanol–water partition coefficient (Wildman–Crippen LogP) is 4.62. The van der Waals surface area contributed by atoms with Crippen molar-refractivity contribution in [1.82, 2.24) is 9.97 Å². The number of aryl methyl sites for hydroxylation is 2. The highest BCUT2D eigenvalue weighted by atomic mass is 32.2. The number of nitrogens with zero attached hydrogens (tertiary/aromatic N) is 1. The lowest BCUT2D eigenvalue weighted by atomic mass is 10.2. The van der Waals surface area contributed by atoms with Crippen molar-refractivity contribution in [2.45, 2.75) is 37.3 Å². The first-order valence-electron chi connectivity index (χ1n) is 8.59. The van der Waals surface area contributed by atoms with E-state index in [1.807, 2.05) is 39.0 Å². The molecule has 0 saturated carbocycles. The lowest BCUT2D eigenvalue weighted by Gasteiger charge is -2.13. The molecule has 1 aliphatic rings. The number of aromatic nitrogens is 2. The summed E-state index contributed by atoms with van der Waals surface area (Å²) in [4.78, 5) is 23.2. The van der Waals surface area contributed by atoms with Crippen LogP contribution in [0.3, 0.4) is 0 Å². The number of fused-ring (bicyclic) bond motifs is 2. The van der Waals surface area contributed by atoms with Gasteiger partial charge in [-0.05, 0) is 44.5 Å². The van der Waals surface area contributed by atoms with Crippen LogP contribution in [0.25, 0.3) is 10.2 Å². The topological polar surface area (TPSA) is 64.2 Å². The monoisotopic (exact) mass is 388 g/mol. The van der Waals surface area contributed by atoms with E-state index in [1.54, 1.807) is 23.1 Å². The second kappa shape index (κ2) is 6.96. The van der Waals surface area contributed by atoms with Crippen molar-refractivity contribution in [2.24, 2.45) is 0 Å². The third kappa shape index (κ3) is 3.21. The number of nitrogens with one attached hydrogen (secondary N) is 1. The van der Waals surface area contributed by atoms with Gasteiger partial charge in [0, 0.05) is 16.2 Å². The number of benzene rings is 1. The molecular formula is C19H20N2O3S2. The molecule has 0 unspecified atom stereocenters. The smallest absolute Gasteiger partial charge is 0.259 e. The number of H-pyrrole nitrogens is 1. The van der Waals surface area contributed by atoms with Gasteiger partial charge < -0.3 is 14.5 Å². The highest BCUT2D eigenvalue weighted by Gasteiger charge is 2.17. The van der Waals surface area contributed by atoms with E-state index in [2.05, 4.69) is 4.98 Å². The van der Waals surface area contributed by atoms with Crippen molar-refractivity contribution in [3.8, 4) is 11.5 Å². The maximum Gasteiger partial charge on any atom is 0.259 e. The average Bonchev–Trinajstić information content (AvgIpc) is 2.78. The minimum absolute atomic E-state index is 0.0135. The first-order valence-corrected chi connectivity index (χ1v) is 10.3. The minimum atomic E-state index is -0.0574. The van der Waals surface area contributed by atoms with Gasteiger partial charge in [0.15, 0.2) is 11.5 Å². The molecule has 136 valence electrons. The molecule has 2 aromatic heterocycles. The van der Waals surface area contributed by atoms with Crippen molar-refractivity contribution in [2.75, 3.05) is 13.2 Å². The van der Waals surface area contributed by atoms with Gasteiger partial charge in [0.2, 0.25) is 0 Å². The summed E-state index contributed by atoms with van der Waals surface area (Å²) in [6, 6.07) is 5.96. The van der Waals surface area contributed by atoms with Crippen LogP contribution in [0.5, 0.6) is 11.5 Å².